The Morgan fingerprint density at radius 3 is 2.26 bits per heavy atom. The van der Waals surface area contributed by atoms with Crippen molar-refractivity contribution in [3.8, 4) is 0 Å². The van der Waals surface area contributed by atoms with Crippen LogP contribution >= 0.6 is 0 Å². The number of hydrogen-bond acceptors (Lipinski definition) is 3. The molecule has 4 nitrogen and oxygen atoms in total. The summed E-state index contributed by atoms with van der Waals surface area (Å²) in [6, 6.07) is 0. The summed E-state index contributed by atoms with van der Waals surface area (Å²) >= 11 is 0. The summed E-state index contributed by atoms with van der Waals surface area (Å²) in [6.45, 7) is 12.5. The normalized spacial score (nSPS) is 11.9. The third kappa shape index (κ3) is 4.69. The number of ether oxygens (including phenoxy) is 1. The van der Waals surface area contributed by atoms with E-state index >= 15 is 0 Å². The van der Waals surface area contributed by atoms with Crippen molar-refractivity contribution < 1.29 is 9.53 Å². The van der Waals surface area contributed by atoms with Gasteiger partial charge in [0.15, 0.2) is 0 Å². The summed E-state index contributed by atoms with van der Waals surface area (Å²) in [5.41, 5.74) is 0.928. The largest absolute Gasteiger partial charge is 0.445 e. The minimum absolute atomic E-state index is 0.0663. The summed E-state index contributed by atoms with van der Waals surface area (Å²) in [7, 11) is 0. The Bertz CT molecular complexity index is 400. The molecule has 0 amide bonds. The van der Waals surface area contributed by atoms with Gasteiger partial charge in [-0.15, -0.1) is 0 Å². The lowest BCUT2D eigenvalue weighted by Crippen LogP contribution is -2.30. The lowest BCUT2D eigenvalue weighted by Gasteiger charge is -2.24. The molecule has 1 aromatic rings. The highest BCUT2D eigenvalue weighted by Gasteiger charge is 2.22. The van der Waals surface area contributed by atoms with Crippen LogP contribution in [-0.4, -0.2) is 21.7 Å². The molecule has 1 heterocycles. The van der Waals surface area contributed by atoms with Gasteiger partial charge in [-0.05, 0) is 24.2 Å². The van der Waals surface area contributed by atoms with Gasteiger partial charge in [0.05, 0.1) is 5.69 Å². The van der Waals surface area contributed by atoms with Crippen molar-refractivity contribution in [1.82, 2.24) is 9.55 Å². The summed E-state index contributed by atoms with van der Waals surface area (Å²) < 4.78 is 7.00. The van der Waals surface area contributed by atoms with Gasteiger partial charge in [-0.3, -0.25) is 0 Å². The minimum Gasteiger partial charge on any atom is -0.445 e. The Kier molecular flexibility index (Phi) is 5.58. The Morgan fingerprint density at radius 2 is 1.79 bits per heavy atom. The number of hydrogen-bond donors (Lipinski definition) is 0. The zero-order valence-electron chi connectivity index (χ0n) is 12.9. The molecule has 108 valence electrons. The summed E-state index contributed by atoms with van der Waals surface area (Å²) in [4.78, 5) is 16.3. The zero-order valence-corrected chi connectivity index (χ0v) is 12.9. The lowest BCUT2D eigenvalue weighted by atomic mass is 9.96. The van der Waals surface area contributed by atoms with Gasteiger partial charge in [0.25, 0.3) is 0 Å². The van der Waals surface area contributed by atoms with E-state index in [1.807, 2.05) is 0 Å². The van der Waals surface area contributed by atoms with Crippen molar-refractivity contribution in [3.63, 3.8) is 0 Å². The van der Waals surface area contributed by atoms with Gasteiger partial charge in [0.2, 0.25) is 0 Å². The Morgan fingerprint density at radius 1 is 1.21 bits per heavy atom. The van der Waals surface area contributed by atoms with Gasteiger partial charge in [-0.1, -0.05) is 41.5 Å². The van der Waals surface area contributed by atoms with Gasteiger partial charge >= 0.3 is 6.09 Å². The molecule has 0 bridgehead atoms. The first-order chi connectivity index (χ1) is 8.81. The molecule has 0 aliphatic carbocycles. The molecule has 0 aliphatic rings. The van der Waals surface area contributed by atoms with Gasteiger partial charge in [-0.2, -0.15) is 0 Å². The first-order valence-corrected chi connectivity index (χ1v) is 7.05. The monoisotopic (exact) mass is 266 g/mol. The van der Waals surface area contributed by atoms with Gasteiger partial charge < -0.3 is 4.74 Å². The van der Waals surface area contributed by atoms with Crippen LogP contribution in [0.2, 0.25) is 0 Å². The fourth-order valence-corrected chi connectivity index (χ4v) is 2.21. The average molecular weight is 266 g/mol. The van der Waals surface area contributed by atoms with E-state index in [2.05, 4.69) is 46.5 Å². The average Bonchev–Trinajstić information content (AvgIpc) is 2.72. The van der Waals surface area contributed by atoms with Crippen LogP contribution in [0.5, 0.6) is 0 Å². The van der Waals surface area contributed by atoms with Crippen LogP contribution in [-0.2, 0) is 11.2 Å². The highest BCUT2D eigenvalue weighted by molar-refractivity contribution is 5.70. The van der Waals surface area contributed by atoms with Crippen molar-refractivity contribution in [2.75, 3.05) is 0 Å². The lowest BCUT2D eigenvalue weighted by molar-refractivity contribution is 0.0432. The molecule has 19 heavy (non-hydrogen) atoms. The number of carbonyl (C=O) groups excluding carboxylic acids is 1. The van der Waals surface area contributed by atoms with Crippen LogP contribution in [0.3, 0.4) is 0 Å². The molecule has 0 radical (unpaired) electrons. The molecule has 4 heteroatoms. The topological polar surface area (TPSA) is 44.1 Å². The van der Waals surface area contributed by atoms with Crippen molar-refractivity contribution in [1.29, 1.82) is 0 Å². The van der Waals surface area contributed by atoms with Crippen LogP contribution in [0, 0.1) is 17.8 Å². The third-order valence-corrected chi connectivity index (χ3v) is 3.02. The summed E-state index contributed by atoms with van der Waals surface area (Å²) in [5, 5.41) is 0. The summed E-state index contributed by atoms with van der Waals surface area (Å²) in [6.07, 6.45) is 3.77. The van der Waals surface area contributed by atoms with E-state index in [9.17, 15) is 4.79 Å². The zero-order chi connectivity index (χ0) is 14.6. The maximum atomic E-state index is 12.1. The maximum absolute atomic E-state index is 12.1. The van der Waals surface area contributed by atoms with Crippen molar-refractivity contribution in [3.05, 3.63) is 18.2 Å². The fourth-order valence-electron chi connectivity index (χ4n) is 2.21. The Labute approximate surface area is 116 Å². The van der Waals surface area contributed by atoms with Crippen LogP contribution < -0.4 is 0 Å². The second kappa shape index (κ2) is 6.73. The highest BCUT2D eigenvalue weighted by Crippen LogP contribution is 2.17. The molecular formula is C15H26N2O2. The first-order valence-electron chi connectivity index (χ1n) is 7.05. The van der Waals surface area contributed by atoms with Gasteiger partial charge in [0, 0.05) is 6.20 Å². The predicted octanol–water partition coefficient (Wildman–Crippen LogP) is 3.75. The summed E-state index contributed by atoms with van der Waals surface area (Å²) in [5.74, 6) is 1.14. The third-order valence-electron chi connectivity index (χ3n) is 3.02. The van der Waals surface area contributed by atoms with Gasteiger partial charge in [-0.25, -0.2) is 14.3 Å². The molecule has 0 aliphatic heterocycles. The van der Waals surface area contributed by atoms with Crippen molar-refractivity contribution in [2.24, 2.45) is 17.8 Å². The molecule has 0 saturated heterocycles. The quantitative estimate of drug-likeness (QED) is 0.815. The van der Waals surface area contributed by atoms with Crippen LogP contribution in [0.15, 0.2) is 12.5 Å². The smallest absolute Gasteiger partial charge is 0.419 e. The second-order valence-corrected chi connectivity index (χ2v) is 6.21. The second-order valence-electron chi connectivity index (χ2n) is 6.21. The molecule has 1 aromatic heterocycles. The molecule has 0 aromatic carbocycles. The Balaban J connectivity index is 2.69. The predicted molar refractivity (Wildman–Crippen MR) is 76.1 cm³/mol. The molecule has 0 fully saturated rings. The first kappa shape index (κ1) is 15.7. The molecule has 0 unspecified atom stereocenters. The maximum Gasteiger partial charge on any atom is 0.419 e. The van der Waals surface area contributed by atoms with E-state index in [0.717, 1.165) is 12.1 Å². The molecule has 1 rings (SSSR count). The number of aromatic nitrogens is 2. The number of rotatable bonds is 5. The number of carbonyl (C=O) groups is 1. The fraction of sp³-hybridized carbons (Fsp3) is 0.733. The molecule has 0 N–H and O–H groups in total. The van der Waals surface area contributed by atoms with Crippen LogP contribution in [0.4, 0.5) is 4.79 Å². The highest BCUT2D eigenvalue weighted by atomic mass is 16.6. The molecular weight excluding hydrogens is 240 g/mol. The van der Waals surface area contributed by atoms with Crippen molar-refractivity contribution >= 4 is 6.09 Å². The molecule has 0 spiro atoms. The van der Waals surface area contributed by atoms with E-state index in [1.54, 1.807) is 6.20 Å². The van der Waals surface area contributed by atoms with Crippen molar-refractivity contribution in [2.45, 2.75) is 54.1 Å². The van der Waals surface area contributed by atoms with Crippen LogP contribution in [0.1, 0.15) is 47.2 Å². The standard InChI is InChI=1S/C15H26N2O2/c1-10(2)7-13-8-17(9-16-13)15(18)19-14(11(3)4)12(5)6/h8-12,14H,7H2,1-6H3. The van der Waals surface area contributed by atoms with E-state index in [-0.39, 0.29) is 12.2 Å². The molecule has 0 saturated carbocycles. The number of imidazole rings is 1. The molecule has 0 atom stereocenters. The van der Waals surface area contributed by atoms with E-state index in [1.165, 1.54) is 10.9 Å². The van der Waals surface area contributed by atoms with E-state index in [0.29, 0.717) is 17.8 Å². The Hall–Kier alpha value is -1.32. The minimum atomic E-state index is -0.338. The number of nitrogens with zero attached hydrogens (tertiary/aromatic N) is 2. The van der Waals surface area contributed by atoms with E-state index < -0.39 is 0 Å². The van der Waals surface area contributed by atoms with Crippen LogP contribution in [0.25, 0.3) is 0 Å². The van der Waals surface area contributed by atoms with Gasteiger partial charge in [0.1, 0.15) is 12.4 Å². The SMILES string of the molecule is CC(C)Cc1cn(C(=O)OC(C(C)C)C(C)C)cn1. The van der Waals surface area contributed by atoms with E-state index in [4.69, 9.17) is 4.74 Å².